The number of quaternary nitrogens is 1. The molecule has 0 aromatic heterocycles. The summed E-state index contributed by atoms with van der Waals surface area (Å²) in [4.78, 5) is 11.6. The molecule has 2 atom stereocenters. The molecule has 1 unspecified atom stereocenters. The zero-order valence-electron chi connectivity index (χ0n) is 6.93. The summed E-state index contributed by atoms with van der Waals surface area (Å²) in [5.41, 5.74) is 0. The molecule has 0 amide bonds. The molecule has 1 rings (SSSR count). The highest BCUT2D eigenvalue weighted by molar-refractivity contribution is 5.64. The first-order valence-electron chi connectivity index (χ1n) is 4.22. The molecule has 1 N–H and O–H groups in total. The predicted octanol–water partition coefficient (Wildman–Crippen LogP) is -1.81. The first kappa shape index (κ1) is 8.53. The molecule has 0 aliphatic carbocycles. The molecule has 1 saturated heterocycles. The van der Waals surface area contributed by atoms with E-state index in [0.717, 1.165) is 13.0 Å². The number of piperidine rings is 1. The predicted molar refractivity (Wildman–Crippen MR) is 39.0 cm³/mol. The Bertz CT molecular complexity index is 147. The van der Waals surface area contributed by atoms with Crippen LogP contribution in [0.15, 0.2) is 0 Å². The zero-order valence-corrected chi connectivity index (χ0v) is 6.93. The first-order chi connectivity index (χ1) is 5.20. The summed E-state index contributed by atoms with van der Waals surface area (Å²) in [7, 11) is 2.06. The highest BCUT2D eigenvalue weighted by Gasteiger charge is 2.21. The number of aliphatic carboxylic acids is 1. The molecular formula is C8H15NO2. The molecule has 3 nitrogen and oxygen atoms in total. The molecule has 64 valence electrons. The van der Waals surface area contributed by atoms with Crippen molar-refractivity contribution in [1.82, 2.24) is 0 Å². The fraction of sp³-hybridized carbons (Fsp3) is 0.875. The van der Waals surface area contributed by atoms with Crippen molar-refractivity contribution in [2.24, 2.45) is 0 Å². The molecule has 0 saturated carbocycles. The van der Waals surface area contributed by atoms with Gasteiger partial charge >= 0.3 is 0 Å². The number of carboxylic acid groups (broad SMARTS) is 1. The average molecular weight is 157 g/mol. The van der Waals surface area contributed by atoms with E-state index < -0.39 is 5.97 Å². The maximum Gasteiger partial charge on any atom is 0.0925 e. The number of carbonyl (C=O) groups is 1. The van der Waals surface area contributed by atoms with Gasteiger partial charge in [-0.25, -0.2) is 0 Å². The van der Waals surface area contributed by atoms with Gasteiger partial charge in [0.2, 0.25) is 0 Å². The summed E-state index contributed by atoms with van der Waals surface area (Å²) in [6.45, 7) is 1.11. The summed E-state index contributed by atoms with van der Waals surface area (Å²) in [5.74, 6) is -0.906. The third-order valence-electron chi connectivity index (χ3n) is 2.48. The van der Waals surface area contributed by atoms with E-state index in [4.69, 9.17) is 0 Å². The van der Waals surface area contributed by atoms with Gasteiger partial charge in [0.05, 0.1) is 19.6 Å². The summed E-state index contributed by atoms with van der Waals surface area (Å²) < 4.78 is 0. The Labute approximate surface area is 67.0 Å². The van der Waals surface area contributed by atoms with Gasteiger partial charge in [-0.05, 0) is 19.3 Å². The van der Waals surface area contributed by atoms with Gasteiger partial charge in [-0.2, -0.15) is 0 Å². The molecule has 0 radical (unpaired) electrons. The number of hydrogen-bond donors (Lipinski definition) is 1. The lowest BCUT2D eigenvalue weighted by Gasteiger charge is -2.29. The van der Waals surface area contributed by atoms with Crippen molar-refractivity contribution < 1.29 is 14.8 Å². The van der Waals surface area contributed by atoms with Crippen molar-refractivity contribution >= 4 is 5.97 Å². The lowest BCUT2D eigenvalue weighted by atomic mass is 10.0. The minimum Gasteiger partial charge on any atom is -0.550 e. The normalized spacial score (nSPS) is 31.7. The van der Waals surface area contributed by atoms with Crippen molar-refractivity contribution in [2.75, 3.05) is 13.6 Å². The van der Waals surface area contributed by atoms with Gasteiger partial charge in [-0.1, -0.05) is 0 Å². The van der Waals surface area contributed by atoms with Crippen LogP contribution < -0.4 is 10.0 Å². The van der Waals surface area contributed by atoms with Crippen LogP contribution in [0.4, 0.5) is 0 Å². The summed E-state index contributed by atoms with van der Waals surface area (Å²) in [6, 6.07) is 0.300. The van der Waals surface area contributed by atoms with Crippen LogP contribution in [0.3, 0.4) is 0 Å². The zero-order chi connectivity index (χ0) is 8.27. The van der Waals surface area contributed by atoms with Gasteiger partial charge in [0.1, 0.15) is 0 Å². The van der Waals surface area contributed by atoms with E-state index in [0.29, 0.717) is 6.04 Å². The Balaban J connectivity index is 2.35. The van der Waals surface area contributed by atoms with Crippen molar-refractivity contribution in [3.8, 4) is 0 Å². The van der Waals surface area contributed by atoms with E-state index in [1.807, 2.05) is 0 Å². The van der Waals surface area contributed by atoms with Gasteiger partial charge in [0.15, 0.2) is 0 Å². The van der Waals surface area contributed by atoms with Gasteiger partial charge in [0.25, 0.3) is 0 Å². The van der Waals surface area contributed by atoms with E-state index in [1.54, 1.807) is 0 Å². The highest BCUT2D eigenvalue weighted by atomic mass is 16.4. The van der Waals surface area contributed by atoms with Crippen LogP contribution >= 0.6 is 0 Å². The van der Waals surface area contributed by atoms with E-state index in [1.165, 1.54) is 17.7 Å². The Morgan fingerprint density at radius 3 is 2.91 bits per heavy atom. The van der Waals surface area contributed by atoms with Gasteiger partial charge < -0.3 is 14.8 Å². The SMILES string of the molecule is C[NH+]1CCCC[C@@H]1CC(=O)[O-]. The molecular weight excluding hydrogens is 142 g/mol. The second kappa shape index (κ2) is 3.72. The van der Waals surface area contributed by atoms with Crippen molar-refractivity contribution in [3.05, 3.63) is 0 Å². The molecule has 1 aliphatic heterocycles. The van der Waals surface area contributed by atoms with Gasteiger partial charge in [-0.3, -0.25) is 0 Å². The molecule has 0 bridgehead atoms. The lowest BCUT2D eigenvalue weighted by Crippen LogP contribution is -3.14. The standard InChI is InChI=1S/C8H15NO2/c1-9-5-3-2-4-7(9)6-8(10)11/h7H,2-6H2,1H3,(H,10,11)/t7-/m1/s1. The lowest BCUT2D eigenvalue weighted by molar-refractivity contribution is -0.910. The quantitative estimate of drug-likeness (QED) is 0.513. The molecule has 1 fully saturated rings. The Hall–Kier alpha value is -0.570. The van der Waals surface area contributed by atoms with Crippen LogP contribution in [-0.2, 0) is 4.79 Å². The second-order valence-electron chi connectivity index (χ2n) is 3.37. The number of likely N-dealkylation sites (tertiary alicyclic amines) is 1. The van der Waals surface area contributed by atoms with Crippen LogP contribution in [0.1, 0.15) is 25.7 Å². The van der Waals surface area contributed by atoms with Crippen LogP contribution in [-0.4, -0.2) is 25.6 Å². The topological polar surface area (TPSA) is 44.6 Å². The average Bonchev–Trinajstić information content (AvgIpc) is 1.93. The maximum absolute atomic E-state index is 10.3. The molecule has 1 aliphatic rings. The monoisotopic (exact) mass is 157 g/mol. The molecule has 0 spiro atoms. The number of hydrogen-bond acceptors (Lipinski definition) is 2. The maximum atomic E-state index is 10.3. The van der Waals surface area contributed by atoms with E-state index in [9.17, 15) is 9.90 Å². The van der Waals surface area contributed by atoms with Crippen molar-refractivity contribution in [2.45, 2.75) is 31.7 Å². The number of rotatable bonds is 2. The molecule has 0 aromatic rings. The Morgan fingerprint density at radius 1 is 1.64 bits per heavy atom. The number of carboxylic acids is 1. The van der Waals surface area contributed by atoms with Crippen LogP contribution in [0.25, 0.3) is 0 Å². The molecule has 11 heavy (non-hydrogen) atoms. The minimum atomic E-state index is -0.906. The van der Waals surface area contributed by atoms with E-state index in [2.05, 4.69) is 7.05 Å². The molecule has 0 aromatic carbocycles. The summed E-state index contributed by atoms with van der Waals surface area (Å²) in [5, 5.41) is 10.3. The minimum absolute atomic E-state index is 0.228. The van der Waals surface area contributed by atoms with Crippen LogP contribution in [0, 0.1) is 0 Å². The van der Waals surface area contributed by atoms with Crippen LogP contribution in [0.5, 0.6) is 0 Å². The van der Waals surface area contributed by atoms with Crippen molar-refractivity contribution in [3.63, 3.8) is 0 Å². The summed E-state index contributed by atoms with van der Waals surface area (Å²) >= 11 is 0. The fourth-order valence-electron chi connectivity index (χ4n) is 1.72. The van der Waals surface area contributed by atoms with Gasteiger partial charge in [-0.15, -0.1) is 0 Å². The largest absolute Gasteiger partial charge is 0.550 e. The molecule has 3 heteroatoms. The van der Waals surface area contributed by atoms with Crippen molar-refractivity contribution in [1.29, 1.82) is 0 Å². The molecule has 1 heterocycles. The smallest absolute Gasteiger partial charge is 0.0925 e. The fourth-order valence-corrected chi connectivity index (χ4v) is 1.72. The van der Waals surface area contributed by atoms with E-state index >= 15 is 0 Å². The highest BCUT2D eigenvalue weighted by Crippen LogP contribution is 2.04. The van der Waals surface area contributed by atoms with Gasteiger partial charge in [0, 0.05) is 12.4 Å². The number of carbonyl (C=O) groups excluding carboxylic acids is 1. The Kier molecular flexibility index (Phi) is 2.88. The first-order valence-corrected chi connectivity index (χ1v) is 4.22. The Morgan fingerprint density at radius 2 is 2.36 bits per heavy atom. The third-order valence-corrected chi connectivity index (χ3v) is 2.48. The number of nitrogens with one attached hydrogen (secondary N) is 1. The second-order valence-corrected chi connectivity index (χ2v) is 3.37. The van der Waals surface area contributed by atoms with E-state index in [-0.39, 0.29) is 6.42 Å². The summed E-state index contributed by atoms with van der Waals surface area (Å²) in [6.07, 6.45) is 3.68. The van der Waals surface area contributed by atoms with Crippen LogP contribution in [0.2, 0.25) is 0 Å². The third kappa shape index (κ3) is 2.50.